The van der Waals surface area contributed by atoms with Gasteiger partial charge in [-0.15, -0.1) is 0 Å². The van der Waals surface area contributed by atoms with Crippen LogP contribution in [0.1, 0.15) is 42.6 Å². The van der Waals surface area contributed by atoms with E-state index in [1.54, 1.807) is 13.0 Å². The second kappa shape index (κ2) is 10.6. The molecule has 1 aliphatic rings. The molecule has 8 nitrogen and oxygen atoms in total. The van der Waals surface area contributed by atoms with Gasteiger partial charge in [-0.1, -0.05) is 55.8 Å². The maximum Gasteiger partial charge on any atom is 0.269 e. The standard InChI is InChI=1S/C24H29N3O5S/c1-3-4-15-25-23(29)18(2)26(16-14-19-10-6-5-7-11-19)22(28)17-27-24(30)20-12-8-9-13-21(20)33(27,31)32/h5-13,18H,3-4,14-17H2,1-2H3,(H,25,29)/t18-/m0/s1. The number of benzene rings is 2. The summed E-state index contributed by atoms with van der Waals surface area (Å²) in [4.78, 5) is 39.9. The van der Waals surface area contributed by atoms with Crippen LogP contribution in [0.15, 0.2) is 59.5 Å². The van der Waals surface area contributed by atoms with E-state index in [0.717, 1.165) is 18.4 Å². The molecule has 1 heterocycles. The Morgan fingerprint density at radius 3 is 2.39 bits per heavy atom. The van der Waals surface area contributed by atoms with E-state index < -0.39 is 34.4 Å². The quantitative estimate of drug-likeness (QED) is 0.535. The van der Waals surface area contributed by atoms with Crippen molar-refractivity contribution in [1.82, 2.24) is 14.5 Å². The maximum absolute atomic E-state index is 13.3. The van der Waals surface area contributed by atoms with Gasteiger partial charge < -0.3 is 10.2 Å². The van der Waals surface area contributed by atoms with Crippen LogP contribution in [0, 0.1) is 0 Å². The first kappa shape index (κ1) is 24.4. The van der Waals surface area contributed by atoms with Crippen molar-refractivity contribution in [3.8, 4) is 0 Å². The molecule has 33 heavy (non-hydrogen) atoms. The second-order valence-electron chi connectivity index (χ2n) is 7.96. The molecule has 0 saturated carbocycles. The number of nitrogens with one attached hydrogen (secondary N) is 1. The number of carbonyl (C=O) groups is 3. The van der Waals surface area contributed by atoms with Crippen LogP contribution in [0.3, 0.4) is 0 Å². The van der Waals surface area contributed by atoms with Crippen molar-refractivity contribution >= 4 is 27.7 Å². The van der Waals surface area contributed by atoms with Gasteiger partial charge in [0.15, 0.2) is 0 Å². The molecular formula is C24H29N3O5S. The van der Waals surface area contributed by atoms with Crippen LogP contribution in [-0.4, -0.2) is 61.0 Å². The fourth-order valence-corrected chi connectivity index (χ4v) is 5.23. The first-order chi connectivity index (χ1) is 15.8. The average molecular weight is 472 g/mol. The summed E-state index contributed by atoms with van der Waals surface area (Å²) in [6.07, 6.45) is 2.22. The number of unbranched alkanes of at least 4 members (excludes halogenated alkanes) is 1. The zero-order chi connectivity index (χ0) is 24.0. The number of nitrogens with zero attached hydrogens (tertiary/aromatic N) is 2. The number of carbonyl (C=O) groups excluding carboxylic acids is 3. The molecule has 176 valence electrons. The third-order valence-electron chi connectivity index (χ3n) is 5.67. The monoisotopic (exact) mass is 471 g/mol. The van der Waals surface area contributed by atoms with Crippen LogP contribution in [-0.2, 0) is 26.0 Å². The van der Waals surface area contributed by atoms with E-state index in [-0.39, 0.29) is 22.9 Å². The smallest absolute Gasteiger partial charge is 0.269 e. The number of rotatable bonds is 10. The van der Waals surface area contributed by atoms with Crippen LogP contribution in [0.4, 0.5) is 0 Å². The fourth-order valence-electron chi connectivity index (χ4n) is 3.71. The van der Waals surface area contributed by atoms with Gasteiger partial charge in [-0.25, -0.2) is 12.7 Å². The van der Waals surface area contributed by atoms with Gasteiger partial charge in [-0.05, 0) is 37.5 Å². The van der Waals surface area contributed by atoms with Gasteiger partial charge in [0.05, 0.1) is 5.56 Å². The second-order valence-corrected chi connectivity index (χ2v) is 9.79. The summed E-state index contributed by atoms with van der Waals surface area (Å²) in [6, 6.07) is 14.6. The van der Waals surface area contributed by atoms with E-state index in [4.69, 9.17) is 0 Å². The molecule has 1 aliphatic heterocycles. The van der Waals surface area contributed by atoms with Crippen molar-refractivity contribution in [3.63, 3.8) is 0 Å². The van der Waals surface area contributed by atoms with Gasteiger partial charge in [0.1, 0.15) is 17.5 Å². The molecule has 3 rings (SSSR count). The summed E-state index contributed by atoms with van der Waals surface area (Å²) in [6.45, 7) is 3.67. The highest BCUT2D eigenvalue weighted by atomic mass is 32.2. The molecule has 0 saturated heterocycles. The number of hydrogen-bond donors (Lipinski definition) is 1. The van der Waals surface area contributed by atoms with Gasteiger partial charge in [0, 0.05) is 13.1 Å². The highest BCUT2D eigenvalue weighted by molar-refractivity contribution is 7.90. The Balaban J connectivity index is 1.79. The first-order valence-corrected chi connectivity index (χ1v) is 12.5. The number of amides is 3. The number of fused-ring (bicyclic) bond motifs is 1. The first-order valence-electron chi connectivity index (χ1n) is 11.0. The van der Waals surface area contributed by atoms with Crippen LogP contribution < -0.4 is 5.32 Å². The van der Waals surface area contributed by atoms with Crippen molar-refractivity contribution in [3.05, 3.63) is 65.7 Å². The molecule has 0 unspecified atom stereocenters. The Kier molecular flexibility index (Phi) is 7.86. The minimum absolute atomic E-state index is 0.0477. The van der Waals surface area contributed by atoms with Gasteiger partial charge >= 0.3 is 0 Å². The summed E-state index contributed by atoms with van der Waals surface area (Å²) < 4.78 is 26.3. The molecular weight excluding hydrogens is 442 g/mol. The summed E-state index contributed by atoms with van der Waals surface area (Å²) in [7, 11) is -4.12. The summed E-state index contributed by atoms with van der Waals surface area (Å²) in [5.41, 5.74) is 1.03. The Morgan fingerprint density at radius 2 is 1.73 bits per heavy atom. The maximum atomic E-state index is 13.3. The van der Waals surface area contributed by atoms with E-state index in [1.807, 2.05) is 37.3 Å². The third kappa shape index (κ3) is 5.42. The normalized spacial score (nSPS) is 15.1. The Morgan fingerprint density at radius 1 is 1.06 bits per heavy atom. The van der Waals surface area contributed by atoms with E-state index in [9.17, 15) is 22.8 Å². The highest BCUT2D eigenvalue weighted by Crippen LogP contribution is 2.29. The van der Waals surface area contributed by atoms with Crippen LogP contribution >= 0.6 is 0 Å². The highest BCUT2D eigenvalue weighted by Gasteiger charge is 2.43. The van der Waals surface area contributed by atoms with Gasteiger partial charge in [-0.2, -0.15) is 0 Å². The lowest BCUT2D eigenvalue weighted by atomic mass is 10.1. The molecule has 0 spiro atoms. The van der Waals surface area contributed by atoms with Crippen LogP contribution in [0.5, 0.6) is 0 Å². The average Bonchev–Trinajstić information content (AvgIpc) is 3.00. The zero-order valence-electron chi connectivity index (χ0n) is 18.9. The zero-order valence-corrected chi connectivity index (χ0v) is 19.7. The summed E-state index contributed by atoms with van der Waals surface area (Å²) in [5, 5.41) is 2.82. The molecule has 9 heteroatoms. The number of hydrogen-bond acceptors (Lipinski definition) is 5. The Labute approximate surface area is 194 Å². The molecule has 0 bridgehead atoms. The molecule has 1 N–H and O–H groups in total. The van der Waals surface area contributed by atoms with Gasteiger partial charge in [0.2, 0.25) is 11.8 Å². The summed E-state index contributed by atoms with van der Waals surface area (Å²) in [5.74, 6) is -1.65. The van der Waals surface area contributed by atoms with Crippen molar-refractivity contribution in [2.24, 2.45) is 0 Å². The van der Waals surface area contributed by atoms with E-state index in [2.05, 4.69) is 5.32 Å². The number of sulfonamides is 1. The van der Waals surface area contributed by atoms with Crippen LogP contribution in [0.25, 0.3) is 0 Å². The Hall–Kier alpha value is -3.20. The Bertz CT molecular complexity index is 1120. The van der Waals surface area contributed by atoms with E-state index in [1.165, 1.54) is 23.1 Å². The largest absolute Gasteiger partial charge is 0.354 e. The van der Waals surface area contributed by atoms with E-state index >= 15 is 0 Å². The molecule has 0 aliphatic carbocycles. The van der Waals surface area contributed by atoms with Crippen molar-refractivity contribution in [2.75, 3.05) is 19.6 Å². The van der Waals surface area contributed by atoms with E-state index in [0.29, 0.717) is 17.3 Å². The molecule has 2 aromatic carbocycles. The van der Waals surface area contributed by atoms with Gasteiger partial charge in [-0.3, -0.25) is 14.4 Å². The minimum atomic E-state index is -4.12. The molecule has 2 aromatic rings. The van der Waals surface area contributed by atoms with Crippen molar-refractivity contribution in [2.45, 2.75) is 44.0 Å². The molecule has 0 fully saturated rings. The third-order valence-corrected chi connectivity index (χ3v) is 7.46. The molecule has 0 aromatic heterocycles. The predicted octanol–water partition coefficient (Wildman–Crippen LogP) is 2.21. The molecule has 0 radical (unpaired) electrons. The predicted molar refractivity (Wildman–Crippen MR) is 124 cm³/mol. The fraction of sp³-hybridized carbons (Fsp3) is 0.375. The van der Waals surface area contributed by atoms with Gasteiger partial charge in [0.25, 0.3) is 15.9 Å². The summed E-state index contributed by atoms with van der Waals surface area (Å²) >= 11 is 0. The van der Waals surface area contributed by atoms with Crippen LogP contribution in [0.2, 0.25) is 0 Å². The minimum Gasteiger partial charge on any atom is -0.354 e. The SMILES string of the molecule is CCCCNC(=O)[C@H](C)N(CCc1ccccc1)C(=O)CN1C(=O)c2ccccc2S1(=O)=O. The van der Waals surface area contributed by atoms with Crippen molar-refractivity contribution < 1.29 is 22.8 Å². The molecule has 3 amide bonds. The molecule has 1 atom stereocenters. The lowest BCUT2D eigenvalue weighted by Gasteiger charge is -2.30. The van der Waals surface area contributed by atoms with Crippen molar-refractivity contribution in [1.29, 1.82) is 0 Å². The lowest BCUT2D eigenvalue weighted by molar-refractivity contribution is -0.139. The lowest BCUT2D eigenvalue weighted by Crippen LogP contribution is -2.52. The topological polar surface area (TPSA) is 104 Å².